The molecule has 0 atom stereocenters. The van der Waals surface area contributed by atoms with Gasteiger partial charge in [0.05, 0.1) is 12.1 Å². The molecule has 0 unspecified atom stereocenters. The van der Waals surface area contributed by atoms with E-state index in [1.165, 1.54) is 0 Å². The van der Waals surface area contributed by atoms with E-state index in [-0.39, 0.29) is 23.4 Å². The number of rotatable bonds is 3. The van der Waals surface area contributed by atoms with Crippen LogP contribution in [0.2, 0.25) is 0 Å². The Kier molecular flexibility index (Phi) is 5.77. The van der Waals surface area contributed by atoms with Crippen LogP contribution in [-0.2, 0) is 23.2 Å². The number of hydrogen-bond donors (Lipinski definition) is 0. The third-order valence-electron chi connectivity index (χ3n) is 6.62. The molecule has 1 aromatic carbocycles. The maximum atomic E-state index is 13.2. The number of urea groups is 1. The van der Waals surface area contributed by atoms with E-state index in [0.717, 1.165) is 29.7 Å². The van der Waals surface area contributed by atoms with Gasteiger partial charge in [0.1, 0.15) is 0 Å². The van der Waals surface area contributed by atoms with E-state index in [1.807, 2.05) is 44.8 Å². The van der Waals surface area contributed by atoms with Gasteiger partial charge >= 0.3 is 6.03 Å². The second-order valence-corrected chi connectivity index (χ2v) is 9.43. The van der Waals surface area contributed by atoms with E-state index >= 15 is 0 Å². The van der Waals surface area contributed by atoms with E-state index in [4.69, 9.17) is 5.10 Å². The van der Waals surface area contributed by atoms with Crippen molar-refractivity contribution in [1.82, 2.24) is 24.5 Å². The maximum absolute atomic E-state index is 13.2. The molecule has 2 aromatic rings. The molecule has 1 spiro atoms. The van der Waals surface area contributed by atoms with Gasteiger partial charge in [0, 0.05) is 63.5 Å². The quantitative estimate of drug-likeness (QED) is 0.762. The summed E-state index contributed by atoms with van der Waals surface area (Å²) in [4.78, 5) is 31.2. The Balaban J connectivity index is 1.60. The SMILES string of the molecule is CC(C)n1cc2c(n1)C1(CCN(C(=O)N(C)C)CC1)CN(C(=O)Cc1ccccc1)C2. The average molecular weight is 424 g/mol. The fourth-order valence-corrected chi connectivity index (χ4v) is 4.82. The zero-order chi connectivity index (χ0) is 22.2. The fourth-order valence-electron chi connectivity index (χ4n) is 4.82. The normalized spacial score (nSPS) is 17.7. The van der Waals surface area contributed by atoms with Gasteiger partial charge in [-0.2, -0.15) is 5.10 Å². The maximum Gasteiger partial charge on any atom is 0.319 e. The van der Waals surface area contributed by atoms with E-state index in [1.54, 1.807) is 19.0 Å². The summed E-state index contributed by atoms with van der Waals surface area (Å²) >= 11 is 0. The van der Waals surface area contributed by atoms with Crippen LogP contribution < -0.4 is 0 Å². The van der Waals surface area contributed by atoms with E-state index in [0.29, 0.717) is 32.6 Å². The first-order valence-corrected chi connectivity index (χ1v) is 11.2. The van der Waals surface area contributed by atoms with Gasteiger partial charge < -0.3 is 14.7 Å². The number of aromatic nitrogens is 2. The smallest absolute Gasteiger partial charge is 0.319 e. The summed E-state index contributed by atoms with van der Waals surface area (Å²) in [5, 5.41) is 4.97. The molecular formula is C24H33N5O2. The lowest BCUT2D eigenvalue weighted by Gasteiger charge is -2.47. The van der Waals surface area contributed by atoms with Gasteiger partial charge in [-0.3, -0.25) is 9.48 Å². The molecule has 7 nitrogen and oxygen atoms in total. The van der Waals surface area contributed by atoms with Crippen molar-refractivity contribution in [3.63, 3.8) is 0 Å². The first kappa shape index (κ1) is 21.4. The van der Waals surface area contributed by atoms with E-state index in [9.17, 15) is 9.59 Å². The number of benzene rings is 1. The molecule has 1 saturated heterocycles. The Labute approximate surface area is 184 Å². The van der Waals surface area contributed by atoms with Crippen LogP contribution in [0, 0.1) is 0 Å². The number of piperidine rings is 1. The van der Waals surface area contributed by atoms with Crippen molar-refractivity contribution in [3.05, 3.63) is 53.3 Å². The van der Waals surface area contributed by atoms with Crippen molar-refractivity contribution in [2.45, 2.75) is 51.1 Å². The van der Waals surface area contributed by atoms with Gasteiger partial charge in [0.2, 0.25) is 5.91 Å². The zero-order valence-electron chi connectivity index (χ0n) is 19.0. The van der Waals surface area contributed by atoms with Crippen molar-refractivity contribution in [2.75, 3.05) is 33.7 Å². The number of nitrogens with zero attached hydrogens (tertiary/aromatic N) is 5. The molecule has 3 amide bonds. The highest BCUT2D eigenvalue weighted by atomic mass is 16.2. The molecule has 2 aliphatic rings. The molecular weight excluding hydrogens is 390 g/mol. The largest absolute Gasteiger partial charge is 0.337 e. The Hall–Kier alpha value is -2.83. The van der Waals surface area contributed by atoms with Crippen LogP contribution >= 0.6 is 0 Å². The van der Waals surface area contributed by atoms with Gasteiger partial charge in [0.15, 0.2) is 0 Å². The molecule has 0 aliphatic carbocycles. The molecule has 2 aliphatic heterocycles. The Morgan fingerprint density at radius 1 is 1.10 bits per heavy atom. The van der Waals surface area contributed by atoms with Gasteiger partial charge in [0.25, 0.3) is 0 Å². The van der Waals surface area contributed by atoms with Crippen LogP contribution in [0.25, 0.3) is 0 Å². The lowest BCUT2D eigenvalue weighted by atomic mass is 9.72. The Morgan fingerprint density at radius 2 is 1.77 bits per heavy atom. The highest BCUT2D eigenvalue weighted by Gasteiger charge is 2.46. The lowest BCUT2D eigenvalue weighted by molar-refractivity contribution is -0.133. The van der Waals surface area contributed by atoms with Crippen LogP contribution in [0.3, 0.4) is 0 Å². The summed E-state index contributed by atoms with van der Waals surface area (Å²) in [6.07, 6.45) is 4.17. The van der Waals surface area contributed by atoms with E-state index < -0.39 is 0 Å². The van der Waals surface area contributed by atoms with Crippen LogP contribution in [0.1, 0.15) is 49.6 Å². The van der Waals surface area contributed by atoms with Crippen LogP contribution in [0.4, 0.5) is 4.79 Å². The standard InChI is InChI=1S/C24H33N5O2/c1-18(2)29-16-20-15-28(21(30)14-19-8-6-5-7-9-19)17-24(22(20)25-29)10-12-27(13-11-24)23(31)26(3)4/h5-9,16,18H,10-15,17H2,1-4H3. The zero-order valence-corrected chi connectivity index (χ0v) is 19.0. The summed E-state index contributed by atoms with van der Waals surface area (Å²) in [7, 11) is 3.58. The third-order valence-corrected chi connectivity index (χ3v) is 6.62. The van der Waals surface area contributed by atoms with Crippen molar-refractivity contribution >= 4 is 11.9 Å². The number of fused-ring (bicyclic) bond motifs is 2. The number of amides is 3. The minimum atomic E-state index is -0.191. The molecule has 31 heavy (non-hydrogen) atoms. The summed E-state index contributed by atoms with van der Waals surface area (Å²) in [5.74, 6) is 0.153. The number of carbonyl (C=O) groups excluding carboxylic acids is 2. The van der Waals surface area contributed by atoms with Crippen LogP contribution in [-0.4, -0.2) is 70.1 Å². The molecule has 1 fully saturated rings. The monoisotopic (exact) mass is 423 g/mol. The fraction of sp³-hybridized carbons (Fsp3) is 0.542. The van der Waals surface area contributed by atoms with Crippen molar-refractivity contribution in [3.8, 4) is 0 Å². The summed E-state index contributed by atoms with van der Waals surface area (Å²) in [6.45, 7) is 6.90. The van der Waals surface area contributed by atoms with Gasteiger partial charge in [-0.15, -0.1) is 0 Å². The summed E-state index contributed by atoms with van der Waals surface area (Å²) in [6, 6.07) is 10.3. The molecule has 0 N–H and O–H groups in total. The van der Waals surface area contributed by atoms with Crippen molar-refractivity contribution in [2.24, 2.45) is 0 Å². The minimum Gasteiger partial charge on any atom is -0.337 e. The second kappa shape index (κ2) is 8.36. The number of carbonyl (C=O) groups is 2. The van der Waals surface area contributed by atoms with Gasteiger partial charge in [-0.1, -0.05) is 30.3 Å². The van der Waals surface area contributed by atoms with Crippen molar-refractivity contribution in [1.29, 1.82) is 0 Å². The predicted octanol–water partition coefficient (Wildman–Crippen LogP) is 3.06. The lowest BCUT2D eigenvalue weighted by Crippen LogP contribution is -2.55. The Bertz CT molecular complexity index is 942. The minimum absolute atomic E-state index is 0.0515. The molecule has 0 bridgehead atoms. The van der Waals surface area contributed by atoms with Gasteiger partial charge in [-0.25, -0.2) is 4.79 Å². The molecule has 0 saturated carbocycles. The third kappa shape index (κ3) is 4.18. The number of hydrogen-bond acceptors (Lipinski definition) is 3. The Morgan fingerprint density at radius 3 is 2.39 bits per heavy atom. The van der Waals surface area contributed by atoms with E-state index in [2.05, 4.69) is 20.0 Å². The summed E-state index contributed by atoms with van der Waals surface area (Å²) < 4.78 is 2.02. The molecule has 166 valence electrons. The van der Waals surface area contributed by atoms with Gasteiger partial charge in [-0.05, 0) is 32.3 Å². The molecule has 4 rings (SSSR count). The molecule has 0 radical (unpaired) electrons. The predicted molar refractivity (Wildman–Crippen MR) is 120 cm³/mol. The number of likely N-dealkylation sites (tertiary alicyclic amines) is 1. The van der Waals surface area contributed by atoms with Crippen molar-refractivity contribution < 1.29 is 9.59 Å². The molecule has 3 heterocycles. The average Bonchev–Trinajstić information content (AvgIpc) is 3.20. The highest BCUT2D eigenvalue weighted by molar-refractivity contribution is 5.79. The summed E-state index contributed by atoms with van der Waals surface area (Å²) in [5.41, 5.74) is 3.12. The highest BCUT2D eigenvalue weighted by Crippen LogP contribution is 2.41. The second-order valence-electron chi connectivity index (χ2n) is 9.43. The molecule has 1 aromatic heterocycles. The first-order chi connectivity index (χ1) is 14.8. The topological polar surface area (TPSA) is 61.7 Å². The molecule has 7 heteroatoms. The van der Waals surface area contributed by atoms with Crippen LogP contribution in [0.5, 0.6) is 0 Å². The first-order valence-electron chi connectivity index (χ1n) is 11.2. The van der Waals surface area contributed by atoms with Crippen LogP contribution in [0.15, 0.2) is 36.5 Å².